The summed E-state index contributed by atoms with van der Waals surface area (Å²) in [7, 11) is 0. The molecule has 0 fully saturated rings. The van der Waals surface area contributed by atoms with Crippen LogP contribution in [0.4, 0.5) is 0 Å². The number of rotatable bonds is 5. The molecule has 18 heavy (non-hydrogen) atoms. The van der Waals surface area contributed by atoms with E-state index in [1.807, 2.05) is 37.3 Å². The van der Waals surface area contributed by atoms with Crippen LogP contribution in [0.15, 0.2) is 51.8 Å². The van der Waals surface area contributed by atoms with Gasteiger partial charge in [0.15, 0.2) is 0 Å². The van der Waals surface area contributed by atoms with Gasteiger partial charge in [-0.1, -0.05) is 25.1 Å². The highest BCUT2D eigenvalue weighted by Crippen LogP contribution is 2.38. The first-order valence-corrected chi connectivity index (χ1v) is 7.12. The van der Waals surface area contributed by atoms with Crippen LogP contribution in [-0.2, 0) is 0 Å². The van der Waals surface area contributed by atoms with Crippen molar-refractivity contribution in [1.29, 1.82) is 0 Å². The molecule has 0 radical (unpaired) electrons. The number of aryl methyl sites for hydroxylation is 1. The van der Waals surface area contributed by atoms with Gasteiger partial charge in [-0.3, -0.25) is 0 Å². The van der Waals surface area contributed by atoms with Gasteiger partial charge in [0.1, 0.15) is 11.5 Å². The standard InChI is InChI=1S/C15H19NOS/c1-3-13(16)15(14-10-9-11(2)17-14)18-12-7-5-4-6-8-12/h4-10,13,15H,3,16H2,1-2H3. The Kier molecular flexibility index (Phi) is 4.50. The lowest BCUT2D eigenvalue weighted by atomic mass is 10.1. The Morgan fingerprint density at radius 2 is 1.89 bits per heavy atom. The molecule has 1 aromatic carbocycles. The highest BCUT2D eigenvalue weighted by molar-refractivity contribution is 7.99. The number of nitrogens with two attached hydrogens (primary N) is 1. The second kappa shape index (κ2) is 6.12. The Labute approximate surface area is 113 Å². The van der Waals surface area contributed by atoms with Crippen molar-refractivity contribution in [2.24, 2.45) is 5.73 Å². The molecule has 1 aromatic heterocycles. The molecule has 2 unspecified atom stereocenters. The summed E-state index contributed by atoms with van der Waals surface area (Å²) in [5, 5.41) is 0.172. The van der Waals surface area contributed by atoms with Crippen LogP contribution in [0.25, 0.3) is 0 Å². The molecule has 2 N–H and O–H groups in total. The van der Waals surface area contributed by atoms with Gasteiger partial charge >= 0.3 is 0 Å². The van der Waals surface area contributed by atoms with Crippen molar-refractivity contribution < 1.29 is 4.42 Å². The van der Waals surface area contributed by atoms with Gasteiger partial charge in [0.05, 0.1) is 5.25 Å². The van der Waals surface area contributed by atoms with Crippen molar-refractivity contribution >= 4 is 11.8 Å². The van der Waals surface area contributed by atoms with E-state index in [9.17, 15) is 0 Å². The number of thioether (sulfide) groups is 1. The molecule has 0 bridgehead atoms. The average Bonchev–Trinajstić information content (AvgIpc) is 2.83. The molecule has 0 aliphatic heterocycles. The minimum absolute atomic E-state index is 0.0979. The molecule has 0 aliphatic rings. The van der Waals surface area contributed by atoms with Crippen LogP contribution in [0.3, 0.4) is 0 Å². The van der Waals surface area contributed by atoms with Crippen molar-refractivity contribution in [3.05, 3.63) is 54.0 Å². The third kappa shape index (κ3) is 3.18. The maximum atomic E-state index is 6.23. The highest BCUT2D eigenvalue weighted by atomic mass is 32.2. The topological polar surface area (TPSA) is 39.2 Å². The fourth-order valence-electron chi connectivity index (χ4n) is 1.82. The molecular formula is C15H19NOS. The SMILES string of the molecule is CCC(N)C(Sc1ccccc1)c1ccc(C)o1. The van der Waals surface area contributed by atoms with E-state index >= 15 is 0 Å². The summed E-state index contributed by atoms with van der Waals surface area (Å²) in [4.78, 5) is 1.22. The summed E-state index contributed by atoms with van der Waals surface area (Å²) in [6.45, 7) is 4.07. The molecule has 1 heterocycles. The van der Waals surface area contributed by atoms with Gasteiger partial charge in [-0.05, 0) is 37.6 Å². The average molecular weight is 261 g/mol. The fraction of sp³-hybridized carbons (Fsp3) is 0.333. The normalized spacial score (nSPS) is 14.4. The van der Waals surface area contributed by atoms with Crippen LogP contribution >= 0.6 is 11.8 Å². The summed E-state index contributed by atoms with van der Waals surface area (Å²) in [6.07, 6.45) is 0.935. The molecule has 96 valence electrons. The zero-order chi connectivity index (χ0) is 13.0. The first kappa shape index (κ1) is 13.2. The second-order valence-corrected chi connectivity index (χ2v) is 5.59. The molecule has 0 saturated heterocycles. The summed E-state index contributed by atoms with van der Waals surface area (Å²) in [6, 6.07) is 14.5. The van der Waals surface area contributed by atoms with Crippen LogP contribution in [0.5, 0.6) is 0 Å². The first-order valence-electron chi connectivity index (χ1n) is 6.24. The van der Waals surface area contributed by atoms with Crippen LogP contribution in [0.2, 0.25) is 0 Å². The smallest absolute Gasteiger partial charge is 0.119 e. The van der Waals surface area contributed by atoms with Gasteiger partial charge in [0.25, 0.3) is 0 Å². The Hall–Kier alpha value is -1.19. The number of benzene rings is 1. The van der Waals surface area contributed by atoms with Gasteiger partial charge in [0.2, 0.25) is 0 Å². The van der Waals surface area contributed by atoms with Gasteiger partial charge < -0.3 is 10.2 Å². The Bertz CT molecular complexity index is 480. The lowest BCUT2D eigenvalue weighted by Gasteiger charge is -2.20. The largest absolute Gasteiger partial charge is 0.465 e. The Balaban J connectivity index is 2.21. The van der Waals surface area contributed by atoms with Crippen LogP contribution in [0, 0.1) is 6.92 Å². The van der Waals surface area contributed by atoms with Gasteiger partial charge in [-0.2, -0.15) is 0 Å². The molecule has 0 amide bonds. The van der Waals surface area contributed by atoms with Crippen molar-refractivity contribution in [2.45, 2.75) is 36.5 Å². The van der Waals surface area contributed by atoms with Crippen molar-refractivity contribution in [2.75, 3.05) is 0 Å². The van der Waals surface area contributed by atoms with Crippen LogP contribution in [0.1, 0.15) is 30.1 Å². The van der Waals surface area contributed by atoms with Crippen molar-refractivity contribution in [1.82, 2.24) is 0 Å². The summed E-state index contributed by atoms with van der Waals surface area (Å²) < 4.78 is 5.74. The van der Waals surface area contributed by atoms with Crippen LogP contribution in [-0.4, -0.2) is 6.04 Å². The summed E-state index contributed by atoms with van der Waals surface area (Å²) >= 11 is 1.77. The lowest BCUT2D eigenvalue weighted by molar-refractivity contribution is 0.454. The Morgan fingerprint density at radius 3 is 2.44 bits per heavy atom. The third-order valence-electron chi connectivity index (χ3n) is 2.91. The fourth-order valence-corrected chi connectivity index (χ4v) is 3.04. The van der Waals surface area contributed by atoms with Crippen molar-refractivity contribution in [3.8, 4) is 0 Å². The number of furan rings is 1. The van der Waals surface area contributed by atoms with Crippen LogP contribution < -0.4 is 5.73 Å². The molecule has 2 atom stereocenters. The van der Waals surface area contributed by atoms with Gasteiger partial charge in [-0.15, -0.1) is 11.8 Å². The van der Waals surface area contributed by atoms with E-state index in [1.54, 1.807) is 11.8 Å². The zero-order valence-electron chi connectivity index (χ0n) is 10.8. The van der Waals surface area contributed by atoms with E-state index in [-0.39, 0.29) is 11.3 Å². The van der Waals surface area contributed by atoms with E-state index in [2.05, 4.69) is 19.1 Å². The highest BCUT2D eigenvalue weighted by Gasteiger charge is 2.22. The quantitative estimate of drug-likeness (QED) is 0.821. The minimum atomic E-state index is 0.0979. The van der Waals surface area contributed by atoms with E-state index in [0.717, 1.165) is 17.9 Å². The molecule has 2 rings (SSSR count). The lowest BCUT2D eigenvalue weighted by Crippen LogP contribution is -2.25. The first-order chi connectivity index (χ1) is 8.70. The summed E-state index contributed by atoms with van der Waals surface area (Å²) in [5.41, 5.74) is 6.23. The van der Waals surface area contributed by atoms with Crippen molar-refractivity contribution in [3.63, 3.8) is 0 Å². The number of hydrogen-bond acceptors (Lipinski definition) is 3. The maximum absolute atomic E-state index is 6.23. The second-order valence-electron chi connectivity index (χ2n) is 4.37. The molecule has 2 nitrogen and oxygen atoms in total. The molecule has 0 saturated carbocycles. The predicted molar refractivity (Wildman–Crippen MR) is 76.8 cm³/mol. The zero-order valence-corrected chi connectivity index (χ0v) is 11.6. The van der Waals surface area contributed by atoms with Gasteiger partial charge in [-0.25, -0.2) is 0 Å². The molecule has 0 spiro atoms. The van der Waals surface area contributed by atoms with Gasteiger partial charge in [0, 0.05) is 10.9 Å². The monoisotopic (exact) mass is 261 g/mol. The molecule has 3 heteroatoms. The third-order valence-corrected chi connectivity index (χ3v) is 4.29. The van der Waals surface area contributed by atoms with E-state index < -0.39 is 0 Å². The molecule has 0 aliphatic carbocycles. The molecule has 2 aromatic rings. The van der Waals surface area contributed by atoms with E-state index in [0.29, 0.717) is 0 Å². The Morgan fingerprint density at radius 1 is 1.17 bits per heavy atom. The predicted octanol–water partition coefficient (Wildman–Crippen LogP) is 4.16. The maximum Gasteiger partial charge on any atom is 0.119 e. The number of hydrogen-bond donors (Lipinski definition) is 1. The summed E-state index contributed by atoms with van der Waals surface area (Å²) in [5.74, 6) is 1.91. The van der Waals surface area contributed by atoms with E-state index in [1.165, 1.54) is 4.90 Å². The van der Waals surface area contributed by atoms with E-state index in [4.69, 9.17) is 10.2 Å². The minimum Gasteiger partial charge on any atom is -0.465 e. The molecular weight excluding hydrogens is 242 g/mol.